The molecule has 34 heavy (non-hydrogen) atoms. The van der Waals surface area contributed by atoms with Crippen molar-refractivity contribution in [3.05, 3.63) is 42.1 Å². The number of aromatic nitrogens is 4. The first kappa shape index (κ1) is 21.5. The predicted molar refractivity (Wildman–Crippen MR) is 127 cm³/mol. The van der Waals surface area contributed by atoms with Crippen molar-refractivity contribution in [1.29, 1.82) is 0 Å². The number of fused-ring (bicyclic) bond motifs is 1. The van der Waals surface area contributed by atoms with Crippen LogP contribution in [0.4, 0.5) is 16.0 Å². The smallest absolute Gasteiger partial charge is 0.170 e. The number of hydrogen-bond donors (Lipinski definition) is 1. The summed E-state index contributed by atoms with van der Waals surface area (Å²) >= 11 is 0. The summed E-state index contributed by atoms with van der Waals surface area (Å²) < 4.78 is 20.5. The third-order valence-electron chi connectivity index (χ3n) is 7.33. The lowest BCUT2D eigenvalue weighted by Crippen LogP contribution is -2.34. The van der Waals surface area contributed by atoms with Crippen LogP contribution in [0.1, 0.15) is 49.5 Å². The van der Waals surface area contributed by atoms with E-state index in [-0.39, 0.29) is 11.9 Å². The van der Waals surface area contributed by atoms with Gasteiger partial charge in [-0.3, -0.25) is 4.98 Å². The normalized spacial score (nSPS) is 22.4. The second-order valence-electron chi connectivity index (χ2n) is 9.64. The van der Waals surface area contributed by atoms with Crippen LogP contribution in [0.25, 0.3) is 10.9 Å². The molecule has 3 fully saturated rings. The largest absolute Gasteiger partial charge is 0.495 e. The molecule has 2 aliphatic heterocycles. The van der Waals surface area contributed by atoms with Crippen LogP contribution < -0.4 is 14.5 Å². The minimum absolute atomic E-state index is 0.273. The Morgan fingerprint density at radius 3 is 2.59 bits per heavy atom. The maximum atomic E-state index is 15.0. The van der Waals surface area contributed by atoms with E-state index in [1.54, 1.807) is 13.3 Å². The molecular weight excluding hydrogens is 435 g/mol. The highest BCUT2D eigenvalue weighted by Gasteiger charge is 2.48. The Bertz CT molecular complexity index is 1210. The molecule has 8 nitrogen and oxygen atoms in total. The van der Waals surface area contributed by atoms with Gasteiger partial charge in [0.1, 0.15) is 17.4 Å². The number of methoxy groups -OCH3 is 1. The van der Waals surface area contributed by atoms with Gasteiger partial charge in [-0.1, -0.05) is 0 Å². The third kappa shape index (κ3) is 3.81. The van der Waals surface area contributed by atoms with Crippen molar-refractivity contribution in [2.45, 2.75) is 49.8 Å². The van der Waals surface area contributed by atoms with Crippen LogP contribution in [-0.4, -0.2) is 64.4 Å². The zero-order chi connectivity index (χ0) is 23.3. The fourth-order valence-corrected chi connectivity index (χ4v) is 5.15. The molecule has 5 heterocycles. The molecule has 2 saturated heterocycles. The number of halogens is 1. The summed E-state index contributed by atoms with van der Waals surface area (Å²) in [6, 6.07) is 5.85. The van der Waals surface area contributed by atoms with Crippen molar-refractivity contribution in [3.8, 4) is 5.75 Å². The standard InChI is InChI=1S/C25H29FN6O2/c1-34-20-3-2-9-27-22(20)16-4-10-31(11-5-16)23-18-13-21(32-12-6-17(33)15-32)28-14-19(18)29-24(30-23)25(26)7-8-25/h2-3,9,13-14,16-17,33H,4-8,10-12,15H2,1H3/t17-/m1/s1. The molecule has 0 bridgehead atoms. The topological polar surface area (TPSA) is 87.5 Å². The van der Waals surface area contributed by atoms with Gasteiger partial charge in [-0.2, -0.15) is 0 Å². The van der Waals surface area contributed by atoms with E-state index < -0.39 is 5.67 Å². The average Bonchev–Trinajstić information content (AvgIpc) is 3.49. The second kappa shape index (κ2) is 8.30. The van der Waals surface area contributed by atoms with Gasteiger partial charge < -0.3 is 19.6 Å². The van der Waals surface area contributed by atoms with E-state index in [2.05, 4.69) is 24.8 Å². The lowest BCUT2D eigenvalue weighted by atomic mass is 9.92. The molecule has 0 spiro atoms. The average molecular weight is 465 g/mol. The van der Waals surface area contributed by atoms with Gasteiger partial charge in [-0.05, 0) is 50.3 Å². The van der Waals surface area contributed by atoms with E-state index >= 15 is 4.39 Å². The fourth-order valence-electron chi connectivity index (χ4n) is 5.15. The molecule has 0 amide bonds. The highest BCUT2D eigenvalue weighted by atomic mass is 19.1. The number of nitrogens with zero attached hydrogens (tertiary/aromatic N) is 6. The number of hydrogen-bond acceptors (Lipinski definition) is 8. The van der Waals surface area contributed by atoms with Gasteiger partial charge in [0.2, 0.25) is 0 Å². The number of rotatable bonds is 5. The molecule has 3 aliphatic rings. The summed E-state index contributed by atoms with van der Waals surface area (Å²) in [4.78, 5) is 22.8. The monoisotopic (exact) mass is 464 g/mol. The summed E-state index contributed by atoms with van der Waals surface area (Å²) in [6.45, 7) is 2.90. The SMILES string of the molecule is COc1cccnc1C1CCN(c2nc(C3(F)CC3)nc3cnc(N4CC[C@@H](O)C4)cc23)CC1. The molecule has 0 unspecified atom stereocenters. The molecule has 3 aromatic rings. The first-order chi connectivity index (χ1) is 16.5. The highest BCUT2D eigenvalue weighted by Crippen LogP contribution is 2.49. The Morgan fingerprint density at radius 1 is 1.09 bits per heavy atom. The molecule has 6 rings (SSSR count). The predicted octanol–water partition coefficient (Wildman–Crippen LogP) is 3.34. The van der Waals surface area contributed by atoms with Gasteiger partial charge in [-0.25, -0.2) is 19.3 Å². The number of alkyl halides is 1. The Kier molecular flexibility index (Phi) is 5.24. The summed E-state index contributed by atoms with van der Waals surface area (Å²) in [5.41, 5.74) is 0.249. The lowest BCUT2D eigenvalue weighted by Gasteiger charge is -2.34. The Labute approximate surface area is 197 Å². The zero-order valence-electron chi connectivity index (χ0n) is 19.3. The van der Waals surface area contributed by atoms with Gasteiger partial charge in [0, 0.05) is 43.7 Å². The molecule has 0 radical (unpaired) electrons. The zero-order valence-corrected chi connectivity index (χ0v) is 19.3. The van der Waals surface area contributed by atoms with Crippen LogP contribution in [-0.2, 0) is 5.67 Å². The number of anilines is 2. The van der Waals surface area contributed by atoms with Crippen molar-refractivity contribution < 1.29 is 14.2 Å². The van der Waals surface area contributed by atoms with Gasteiger partial charge in [0.15, 0.2) is 11.5 Å². The van der Waals surface area contributed by atoms with Crippen LogP contribution >= 0.6 is 0 Å². The van der Waals surface area contributed by atoms with Crippen LogP contribution in [0.5, 0.6) is 5.75 Å². The molecule has 1 N–H and O–H groups in total. The number of ether oxygens (including phenoxy) is 1. The number of aliphatic hydroxyl groups excluding tert-OH is 1. The van der Waals surface area contributed by atoms with E-state index in [1.165, 1.54) is 0 Å². The van der Waals surface area contributed by atoms with Crippen LogP contribution in [0.3, 0.4) is 0 Å². The molecular formula is C25H29FN6O2. The lowest BCUT2D eigenvalue weighted by molar-refractivity contribution is 0.198. The first-order valence-corrected chi connectivity index (χ1v) is 12.1. The summed E-state index contributed by atoms with van der Waals surface area (Å²) in [7, 11) is 1.68. The van der Waals surface area contributed by atoms with Gasteiger partial charge in [-0.15, -0.1) is 0 Å². The quantitative estimate of drug-likeness (QED) is 0.615. The molecule has 1 atom stereocenters. The maximum Gasteiger partial charge on any atom is 0.170 e. The van der Waals surface area contributed by atoms with Crippen molar-refractivity contribution in [2.24, 2.45) is 0 Å². The van der Waals surface area contributed by atoms with Crippen molar-refractivity contribution in [1.82, 2.24) is 19.9 Å². The molecule has 1 saturated carbocycles. The summed E-state index contributed by atoms with van der Waals surface area (Å²) in [5, 5.41) is 10.8. The van der Waals surface area contributed by atoms with Gasteiger partial charge in [0.25, 0.3) is 0 Å². The molecule has 0 aromatic carbocycles. The van der Waals surface area contributed by atoms with Gasteiger partial charge >= 0.3 is 0 Å². The molecule has 9 heteroatoms. The number of pyridine rings is 2. The van der Waals surface area contributed by atoms with Crippen molar-refractivity contribution in [2.75, 3.05) is 43.1 Å². The van der Waals surface area contributed by atoms with Crippen molar-refractivity contribution >= 4 is 22.5 Å². The maximum absolute atomic E-state index is 15.0. The van der Waals surface area contributed by atoms with Gasteiger partial charge in [0.05, 0.1) is 30.6 Å². The highest BCUT2D eigenvalue weighted by molar-refractivity contribution is 5.91. The fraction of sp³-hybridized carbons (Fsp3) is 0.520. The van der Waals surface area contributed by atoms with Crippen LogP contribution in [0.2, 0.25) is 0 Å². The minimum atomic E-state index is -1.42. The Balaban J connectivity index is 1.33. The Morgan fingerprint density at radius 2 is 1.88 bits per heavy atom. The Hall–Kier alpha value is -3.07. The summed E-state index contributed by atoms with van der Waals surface area (Å²) in [5.74, 6) is 2.98. The molecule has 178 valence electrons. The first-order valence-electron chi connectivity index (χ1n) is 12.1. The minimum Gasteiger partial charge on any atom is -0.495 e. The third-order valence-corrected chi connectivity index (χ3v) is 7.33. The van der Waals surface area contributed by atoms with E-state index in [1.807, 2.05) is 24.4 Å². The van der Waals surface area contributed by atoms with E-state index in [9.17, 15) is 5.11 Å². The molecule has 3 aromatic heterocycles. The number of piperidine rings is 1. The summed E-state index contributed by atoms with van der Waals surface area (Å²) in [6.07, 6.45) is 6.69. The van der Waals surface area contributed by atoms with E-state index in [0.29, 0.717) is 30.8 Å². The second-order valence-corrected chi connectivity index (χ2v) is 9.64. The van der Waals surface area contributed by atoms with Crippen LogP contribution in [0, 0.1) is 0 Å². The molecule has 1 aliphatic carbocycles. The van der Waals surface area contributed by atoms with Crippen molar-refractivity contribution in [3.63, 3.8) is 0 Å². The van der Waals surface area contributed by atoms with E-state index in [4.69, 9.17) is 9.72 Å². The van der Waals surface area contributed by atoms with Crippen LogP contribution in [0.15, 0.2) is 30.6 Å². The number of aliphatic hydroxyl groups is 1. The van der Waals surface area contributed by atoms with E-state index in [0.717, 1.165) is 67.4 Å². The number of β-amino-alcohol motifs (C(OH)–C–C–N with tert-alkyl or cyclic N) is 1.